The van der Waals surface area contributed by atoms with E-state index >= 15 is 0 Å². The topological polar surface area (TPSA) is 75.6 Å². The summed E-state index contributed by atoms with van der Waals surface area (Å²) in [6.07, 6.45) is 5.04. The van der Waals surface area contributed by atoms with E-state index in [0.29, 0.717) is 6.54 Å². The molecule has 3 aliphatic rings. The van der Waals surface area contributed by atoms with Gasteiger partial charge in [-0.05, 0) is 43.9 Å². The lowest BCUT2D eigenvalue weighted by Crippen LogP contribution is -2.43. The number of carboxylic acid groups (broad SMARTS) is 1. The zero-order valence-electron chi connectivity index (χ0n) is 11.0. The van der Waals surface area contributed by atoms with Crippen molar-refractivity contribution < 1.29 is 19.4 Å². The van der Waals surface area contributed by atoms with Crippen molar-refractivity contribution in [3.8, 4) is 0 Å². The van der Waals surface area contributed by atoms with Crippen LogP contribution in [0.25, 0.3) is 0 Å². The summed E-state index contributed by atoms with van der Waals surface area (Å²) in [7, 11) is 0. The van der Waals surface area contributed by atoms with Gasteiger partial charge in [0.2, 0.25) is 5.91 Å². The molecule has 19 heavy (non-hydrogen) atoms. The molecule has 1 saturated heterocycles. The zero-order valence-corrected chi connectivity index (χ0v) is 11.0. The fraction of sp³-hybridized carbons (Fsp3) is 0.857. The maximum atomic E-state index is 12.3. The molecule has 0 aromatic carbocycles. The molecule has 1 heterocycles. The van der Waals surface area contributed by atoms with E-state index in [1.807, 2.05) is 0 Å². The van der Waals surface area contributed by atoms with E-state index in [1.165, 1.54) is 0 Å². The highest BCUT2D eigenvalue weighted by Crippen LogP contribution is 2.52. The zero-order chi connectivity index (χ0) is 13.4. The molecular formula is C14H21NO4. The third-order valence-corrected chi connectivity index (χ3v) is 5.03. The van der Waals surface area contributed by atoms with E-state index < -0.39 is 11.9 Å². The van der Waals surface area contributed by atoms with E-state index in [4.69, 9.17) is 4.74 Å². The number of ether oxygens (including phenoxy) is 1. The van der Waals surface area contributed by atoms with Gasteiger partial charge in [0.1, 0.15) is 0 Å². The second-order valence-corrected chi connectivity index (χ2v) is 6.10. The molecule has 0 spiro atoms. The van der Waals surface area contributed by atoms with Gasteiger partial charge in [-0.3, -0.25) is 9.59 Å². The minimum atomic E-state index is -0.801. The number of carbonyl (C=O) groups is 2. The van der Waals surface area contributed by atoms with Crippen LogP contribution in [0, 0.1) is 23.7 Å². The smallest absolute Gasteiger partial charge is 0.307 e. The van der Waals surface area contributed by atoms with Gasteiger partial charge >= 0.3 is 5.97 Å². The highest BCUT2D eigenvalue weighted by atomic mass is 16.5. The van der Waals surface area contributed by atoms with E-state index in [2.05, 4.69) is 5.32 Å². The molecule has 3 rings (SSSR count). The Balaban J connectivity index is 1.60. The highest BCUT2D eigenvalue weighted by Gasteiger charge is 2.53. The van der Waals surface area contributed by atoms with E-state index in [0.717, 1.165) is 38.7 Å². The molecule has 106 valence electrons. The molecule has 2 bridgehead atoms. The van der Waals surface area contributed by atoms with Crippen LogP contribution in [-0.4, -0.2) is 36.2 Å². The Morgan fingerprint density at radius 3 is 2.53 bits per heavy atom. The van der Waals surface area contributed by atoms with Gasteiger partial charge < -0.3 is 15.2 Å². The molecule has 0 aromatic heterocycles. The van der Waals surface area contributed by atoms with Crippen LogP contribution in [0.1, 0.15) is 32.1 Å². The van der Waals surface area contributed by atoms with Gasteiger partial charge in [0.05, 0.1) is 17.9 Å². The Hall–Kier alpha value is -1.10. The molecule has 0 radical (unpaired) electrons. The first-order valence-electron chi connectivity index (χ1n) is 7.29. The lowest BCUT2D eigenvalue weighted by Gasteiger charge is -2.27. The minimum absolute atomic E-state index is 0.0740. The van der Waals surface area contributed by atoms with Crippen LogP contribution in [-0.2, 0) is 14.3 Å². The van der Waals surface area contributed by atoms with Crippen LogP contribution in [0.2, 0.25) is 0 Å². The van der Waals surface area contributed by atoms with Gasteiger partial charge in [-0.2, -0.15) is 0 Å². The van der Waals surface area contributed by atoms with Gasteiger partial charge in [0.25, 0.3) is 0 Å². The van der Waals surface area contributed by atoms with Gasteiger partial charge in [-0.25, -0.2) is 0 Å². The molecule has 3 fully saturated rings. The lowest BCUT2D eigenvalue weighted by atomic mass is 9.78. The first-order valence-corrected chi connectivity index (χ1v) is 7.29. The number of hydrogen-bond donors (Lipinski definition) is 2. The maximum Gasteiger partial charge on any atom is 0.307 e. The van der Waals surface area contributed by atoms with Crippen molar-refractivity contribution in [1.29, 1.82) is 0 Å². The molecule has 1 aliphatic heterocycles. The molecule has 5 heteroatoms. The number of aliphatic carboxylic acids is 1. The fourth-order valence-electron chi connectivity index (χ4n) is 4.16. The van der Waals surface area contributed by atoms with Crippen molar-refractivity contribution >= 4 is 11.9 Å². The third-order valence-electron chi connectivity index (χ3n) is 5.03. The van der Waals surface area contributed by atoms with Crippen molar-refractivity contribution in [1.82, 2.24) is 5.32 Å². The maximum absolute atomic E-state index is 12.3. The predicted octanol–water partition coefficient (Wildman–Crippen LogP) is 1.03. The number of carbonyl (C=O) groups excluding carboxylic acids is 1. The Labute approximate surface area is 112 Å². The molecular weight excluding hydrogens is 246 g/mol. The van der Waals surface area contributed by atoms with Crippen molar-refractivity contribution in [3.63, 3.8) is 0 Å². The average Bonchev–Trinajstić information content (AvgIpc) is 3.10. The summed E-state index contributed by atoms with van der Waals surface area (Å²) in [5.74, 6) is -1.18. The van der Waals surface area contributed by atoms with Crippen molar-refractivity contribution in [3.05, 3.63) is 0 Å². The van der Waals surface area contributed by atoms with Crippen LogP contribution in [0.4, 0.5) is 0 Å². The summed E-state index contributed by atoms with van der Waals surface area (Å²) in [6.45, 7) is 1.30. The summed E-state index contributed by atoms with van der Waals surface area (Å²) >= 11 is 0. The lowest BCUT2D eigenvalue weighted by molar-refractivity contribution is -0.149. The van der Waals surface area contributed by atoms with Crippen molar-refractivity contribution in [2.45, 2.75) is 38.2 Å². The van der Waals surface area contributed by atoms with Crippen LogP contribution in [0.3, 0.4) is 0 Å². The summed E-state index contributed by atoms with van der Waals surface area (Å²) in [6, 6.07) is 0. The molecule has 0 unspecified atom stereocenters. The number of fused-ring (bicyclic) bond motifs is 2. The van der Waals surface area contributed by atoms with E-state index in [9.17, 15) is 14.7 Å². The summed E-state index contributed by atoms with van der Waals surface area (Å²) < 4.78 is 5.47. The highest BCUT2D eigenvalue weighted by molar-refractivity contribution is 5.86. The number of hydrogen-bond acceptors (Lipinski definition) is 3. The molecule has 1 amide bonds. The Bertz CT molecular complexity index is 378. The largest absolute Gasteiger partial charge is 0.481 e. The summed E-state index contributed by atoms with van der Waals surface area (Å²) in [5.41, 5.74) is 0. The SMILES string of the molecule is O=C(NC[C@H]1CCCO1)[C@@H]1[C@@H]2CC[C@@H](C2)[C@@H]1C(=O)O. The Morgan fingerprint density at radius 1 is 1.16 bits per heavy atom. The van der Waals surface area contributed by atoms with Crippen molar-refractivity contribution in [2.75, 3.05) is 13.2 Å². The monoisotopic (exact) mass is 267 g/mol. The van der Waals surface area contributed by atoms with Crippen molar-refractivity contribution in [2.24, 2.45) is 23.7 Å². The number of rotatable bonds is 4. The van der Waals surface area contributed by atoms with Gasteiger partial charge in [-0.1, -0.05) is 0 Å². The van der Waals surface area contributed by atoms with Crippen LogP contribution in [0.15, 0.2) is 0 Å². The van der Waals surface area contributed by atoms with Gasteiger partial charge in [0, 0.05) is 13.2 Å². The van der Waals surface area contributed by atoms with Crippen LogP contribution >= 0.6 is 0 Å². The average molecular weight is 267 g/mol. The minimum Gasteiger partial charge on any atom is -0.481 e. The number of carboxylic acids is 1. The normalized spacial score (nSPS) is 40.5. The number of amides is 1. The van der Waals surface area contributed by atoms with Gasteiger partial charge in [-0.15, -0.1) is 0 Å². The first-order chi connectivity index (χ1) is 9.16. The standard InChI is InChI=1S/C14H21NO4/c16-13(15-7-10-2-1-5-19-10)11-8-3-4-9(6-8)12(11)14(17)18/h8-12H,1-7H2,(H,15,16)(H,17,18)/t8-,9+,10-,11-,12+/m1/s1. The Morgan fingerprint density at radius 2 is 1.89 bits per heavy atom. The molecule has 2 saturated carbocycles. The van der Waals surface area contributed by atoms with Crippen LogP contribution < -0.4 is 5.32 Å². The second-order valence-electron chi connectivity index (χ2n) is 6.10. The van der Waals surface area contributed by atoms with Crippen LogP contribution in [0.5, 0.6) is 0 Å². The summed E-state index contributed by atoms with van der Waals surface area (Å²) in [5, 5.41) is 12.2. The van der Waals surface area contributed by atoms with E-state index in [1.54, 1.807) is 0 Å². The third kappa shape index (κ3) is 2.36. The quantitative estimate of drug-likeness (QED) is 0.797. The predicted molar refractivity (Wildman–Crippen MR) is 67.4 cm³/mol. The van der Waals surface area contributed by atoms with E-state index in [-0.39, 0.29) is 29.8 Å². The summed E-state index contributed by atoms with van der Waals surface area (Å²) in [4.78, 5) is 23.6. The fourth-order valence-corrected chi connectivity index (χ4v) is 4.16. The first kappa shape index (κ1) is 12.9. The second kappa shape index (κ2) is 5.12. The molecule has 0 aromatic rings. The number of nitrogens with one attached hydrogen (secondary N) is 1. The Kier molecular flexibility index (Phi) is 3.48. The molecule has 5 atom stereocenters. The molecule has 2 aliphatic carbocycles. The van der Waals surface area contributed by atoms with Gasteiger partial charge in [0.15, 0.2) is 0 Å². The molecule has 2 N–H and O–H groups in total. The molecule has 5 nitrogen and oxygen atoms in total.